The Morgan fingerprint density at radius 1 is 0.952 bits per heavy atom. The molecular weight excluding hydrogens is 262 g/mol. The van der Waals surface area contributed by atoms with Crippen LogP contribution in [0, 0.1) is 0 Å². The van der Waals surface area contributed by atoms with Crippen LogP contribution < -0.4 is 14.8 Å². The van der Waals surface area contributed by atoms with E-state index in [0.29, 0.717) is 0 Å². The first-order chi connectivity index (χ1) is 10.2. The Balaban J connectivity index is 2.13. The van der Waals surface area contributed by atoms with E-state index in [1.54, 1.807) is 14.2 Å². The zero-order chi connectivity index (χ0) is 15.2. The van der Waals surface area contributed by atoms with E-state index in [9.17, 15) is 0 Å². The number of hydrogen-bond acceptors (Lipinski definition) is 3. The number of nitrogens with one attached hydrogen (secondary N) is 1. The van der Waals surface area contributed by atoms with Gasteiger partial charge in [-0.3, -0.25) is 0 Å². The van der Waals surface area contributed by atoms with Crippen molar-refractivity contribution in [2.75, 3.05) is 19.5 Å². The zero-order valence-corrected chi connectivity index (χ0v) is 13.1. The first-order valence-electron chi connectivity index (χ1n) is 7.25. The fourth-order valence-electron chi connectivity index (χ4n) is 2.29. The van der Waals surface area contributed by atoms with E-state index < -0.39 is 0 Å². The van der Waals surface area contributed by atoms with Gasteiger partial charge in [0.15, 0.2) is 11.5 Å². The van der Waals surface area contributed by atoms with Gasteiger partial charge < -0.3 is 14.8 Å². The number of rotatable bonds is 6. The van der Waals surface area contributed by atoms with E-state index in [2.05, 4.69) is 49.5 Å². The summed E-state index contributed by atoms with van der Waals surface area (Å²) in [5.41, 5.74) is 3.63. The summed E-state index contributed by atoms with van der Waals surface area (Å²) in [5.74, 6) is 1.51. The quantitative estimate of drug-likeness (QED) is 0.851. The molecule has 3 nitrogen and oxygen atoms in total. The summed E-state index contributed by atoms with van der Waals surface area (Å²) < 4.78 is 10.6. The summed E-state index contributed by atoms with van der Waals surface area (Å²) in [7, 11) is 3.30. The standard InChI is InChI=1S/C18H23NO2/c1-5-14-6-9-16(10-7-14)19-13(2)15-8-11-17(20-3)18(12-15)21-4/h6-13,19H,5H2,1-4H3. The molecule has 0 fully saturated rings. The molecule has 1 N–H and O–H groups in total. The van der Waals surface area contributed by atoms with Gasteiger partial charge in [0.05, 0.1) is 14.2 Å². The molecule has 0 heterocycles. The molecule has 1 unspecified atom stereocenters. The molecule has 2 aromatic carbocycles. The molecule has 0 aliphatic carbocycles. The van der Waals surface area contributed by atoms with Gasteiger partial charge in [-0.2, -0.15) is 0 Å². The predicted molar refractivity (Wildman–Crippen MR) is 87.4 cm³/mol. The minimum absolute atomic E-state index is 0.192. The topological polar surface area (TPSA) is 30.5 Å². The largest absolute Gasteiger partial charge is 0.493 e. The zero-order valence-electron chi connectivity index (χ0n) is 13.1. The molecule has 1 atom stereocenters. The van der Waals surface area contributed by atoms with E-state index >= 15 is 0 Å². The minimum Gasteiger partial charge on any atom is -0.493 e. The molecule has 0 aliphatic rings. The van der Waals surface area contributed by atoms with Gasteiger partial charge in [0.2, 0.25) is 0 Å². The molecule has 0 radical (unpaired) electrons. The van der Waals surface area contributed by atoms with Crippen molar-refractivity contribution in [3.05, 3.63) is 53.6 Å². The lowest BCUT2D eigenvalue weighted by Crippen LogP contribution is -2.07. The monoisotopic (exact) mass is 285 g/mol. The lowest BCUT2D eigenvalue weighted by molar-refractivity contribution is 0.354. The van der Waals surface area contributed by atoms with Gasteiger partial charge in [-0.1, -0.05) is 25.1 Å². The first kappa shape index (κ1) is 15.2. The van der Waals surface area contributed by atoms with Crippen LogP contribution in [0.3, 0.4) is 0 Å². The van der Waals surface area contributed by atoms with Crippen LogP contribution in [-0.2, 0) is 6.42 Å². The molecular formula is C18H23NO2. The van der Waals surface area contributed by atoms with Crippen LogP contribution in [0.25, 0.3) is 0 Å². The van der Waals surface area contributed by atoms with E-state index in [1.807, 2.05) is 12.1 Å². The first-order valence-corrected chi connectivity index (χ1v) is 7.25. The van der Waals surface area contributed by atoms with Gasteiger partial charge in [-0.05, 0) is 48.7 Å². The van der Waals surface area contributed by atoms with E-state index in [-0.39, 0.29) is 6.04 Å². The Labute approximate surface area is 126 Å². The summed E-state index contributed by atoms with van der Waals surface area (Å²) >= 11 is 0. The molecule has 2 rings (SSSR count). The second kappa shape index (κ2) is 7.02. The summed E-state index contributed by atoms with van der Waals surface area (Å²) in [6.45, 7) is 4.30. The SMILES string of the molecule is CCc1ccc(NC(C)c2ccc(OC)c(OC)c2)cc1. The minimum atomic E-state index is 0.192. The van der Waals surface area contributed by atoms with Crippen molar-refractivity contribution >= 4 is 5.69 Å². The Kier molecular flexibility index (Phi) is 5.09. The number of benzene rings is 2. The normalized spacial score (nSPS) is 11.8. The fourth-order valence-corrected chi connectivity index (χ4v) is 2.29. The van der Waals surface area contributed by atoms with Crippen LogP contribution in [0.2, 0.25) is 0 Å². The molecule has 0 saturated heterocycles. The van der Waals surface area contributed by atoms with Gasteiger partial charge >= 0.3 is 0 Å². The molecule has 0 bridgehead atoms. The molecule has 0 amide bonds. The van der Waals surface area contributed by atoms with Crippen molar-refractivity contribution in [3.63, 3.8) is 0 Å². The van der Waals surface area contributed by atoms with Crippen LogP contribution in [0.1, 0.15) is 31.0 Å². The molecule has 2 aromatic rings. The summed E-state index contributed by atoms with van der Waals surface area (Å²) in [6.07, 6.45) is 1.06. The Bertz CT molecular complexity index is 578. The van der Waals surface area contributed by atoms with E-state index in [0.717, 1.165) is 29.2 Å². The molecule has 112 valence electrons. The van der Waals surface area contributed by atoms with Crippen molar-refractivity contribution in [3.8, 4) is 11.5 Å². The maximum Gasteiger partial charge on any atom is 0.161 e. The summed E-state index contributed by atoms with van der Waals surface area (Å²) in [4.78, 5) is 0. The van der Waals surface area contributed by atoms with Crippen molar-refractivity contribution in [2.45, 2.75) is 26.3 Å². The second-order valence-electron chi connectivity index (χ2n) is 5.03. The smallest absolute Gasteiger partial charge is 0.161 e. The van der Waals surface area contributed by atoms with Crippen molar-refractivity contribution < 1.29 is 9.47 Å². The van der Waals surface area contributed by atoms with Crippen molar-refractivity contribution in [1.29, 1.82) is 0 Å². The third-order valence-electron chi connectivity index (χ3n) is 3.65. The van der Waals surface area contributed by atoms with Crippen LogP contribution in [0.5, 0.6) is 11.5 Å². The average Bonchev–Trinajstić information content (AvgIpc) is 2.54. The van der Waals surface area contributed by atoms with Crippen LogP contribution in [-0.4, -0.2) is 14.2 Å². The van der Waals surface area contributed by atoms with E-state index in [4.69, 9.17) is 9.47 Å². The van der Waals surface area contributed by atoms with Gasteiger partial charge in [0.1, 0.15) is 0 Å². The average molecular weight is 285 g/mol. The third kappa shape index (κ3) is 3.69. The van der Waals surface area contributed by atoms with Gasteiger partial charge in [-0.15, -0.1) is 0 Å². The number of methoxy groups -OCH3 is 2. The number of hydrogen-bond donors (Lipinski definition) is 1. The van der Waals surface area contributed by atoms with Crippen LogP contribution in [0.4, 0.5) is 5.69 Å². The molecule has 3 heteroatoms. The number of anilines is 1. The van der Waals surface area contributed by atoms with Gasteiger partial charge in [0, 0.05) is 11.7 Å². The summed E-state index contributed by atoms with van der Waals surface area (Å²) in [5, 5.41) is 3.50. The van der Waals surface area contributed by atoms with Crippen LogP contribution in [0.15, 0.2) is 42.5 Å². The molecule has 0 saturated carbocycles. The Hall–Kier alpha value is -2.16. The molecule has 21 heavy (non-hydrogen) atoms. The van der Waals surface area contributed by atoms with Gasteiger partial charge in [0.25, 0.3) is 0 Å². The number of aryl methyl sites for hydroxylation is 1. The molecule has 0 aromatic heterocycles. The maximum absolute atomic E-state index is 5.35. The fraction of sp³-hybridized carbons (Fsp3) is 0.333. The highest BCUT2D eigenvalue weighted by molar-refractivity contribution is 5.49. The third-order valence-corrected chi connectivity index (χ3v) is 3.65. The highest BCUT2D eigenvalue weighted by Gasteiger charge is 2.10. The van der Waals surface area contributed by atoms with Crippen LogP contribution >= 0.6 is 0 Å². The van der Waals surface area contributed by atoms with Gasteiger partial charge in [-0.25, -0.2) is 0 Å². The Morgan fingerprint density at radius 2 is 1.62 bits per heavy atom. The van der Waals surface area contributed by atoms with Crippen molar-refractivity contribution in [1.82, 2.24) is 0 Å². The van der Waals surface area contributed by atoms with Crippen molar-refractivity contribution in [2.24, 2.45) is 0 Å². The van der Waals surface area contributed by atoms with E-state index in [1.165, 1.54) is 5.56 Å². The Morgan fingerprint density at radius 3 is 2.19 bits per heavy atom. The highest BCUT2D eigenvalue weighted by Crippen LogP contribution is 2.31. The number of ether oxygens (including phenoxy) is 2. The molecule has 0 spiro atoms. The lowest BCUT2D eigenvalue weighted by atomic mass is 10.1. The summed E-state index contributed by atoms with van der Waals surface area (Å²) in [6, 6.07) is 14.7. The molecule has 0 aliphatic heterocycles. The highest BCUT2D eigenvalue weighted by atomic mass is 16.5. The second-order valence-corrected chi connectivity index (χ2v) is 5.03. The lowest BCUT2D eigenvalue weighted by Gasteiger charge is -2.18. The maximum atomic E-state index is 5.35. The predicted octanol–water partition coefficient (Wildman–Crippen LogP) is 4.44.